The molecule has 0 N–H and O–H groups in total. The number of benzene rings is 1. The summed E-state index contributed by atoms with van der Waals surface area (Å²) < 4.78 is 0. The van der Waals surface area contributed by atoms with Crippen LogP contribution in [-0.4, -0.2) is 18.0 Å². The van der Waals surface area contributed by atoms with E-state index in [0.29, 0.717) is 6.04 Å². The van der Waals surface area contributed by atoms with Gasteiger partial charge in [0.05, 0.1) is 0 Å². The second kappa shape index (κ2) is 7.45. The van der Waals surface area contributed by atoms with Crippen LogP contribution >= 0.6 is 0 Å². The van der Waals surface area contributed by atoms with Crippen LogP contribution in [0.25, 0.3) is 0 Å². The molecule has 0 radical (unpaired) electrons. The maximum atomic E-state index is 2.62. The molecular weight excluding hydrogens is 194 g/mol. The molecule has 0 bridgehead atoms. The van der Waals surface area contributed by atoms with Gasteiger partial charge in [-0.25, -0.2) is 0 Å². The van der Waals surface area contributed by atoms with Crippen LogP contribution in [0.2, 0.25) is 0 Å². The van der Waals surface area contributed by atoms with Crippen molar-refractivity contribution in [3.8, 4) is 0 Å². The summed E-state index contributed by atoms with van der Waals surface area (Å²) in [4.78, 5) is 2.62. The fraction of sp³-hybridized carbons (Fsp3) is 0.600. The van der Waals surface area contributed by atoms with Gasteiger partial charge in [-0.2, -0.15) is 0 Å². The van der Waals surface area contributed by atoms with Crippen LogP contribution in [0.3, 0.4) is 0 Å². The minimum Gasteiger partial charge on any atom is -0.296 e. The number of rotatable bonds is 7. The molecule has 0 saturated carbocycles. The van der Waals surface area contributed by atoms with Gasteiger partial charge in [0.1, 0.15) is 0 Å². The molecule has 1 unspecified atom stereocenters. The molecule has 90 valence electrons. The van der Waals surface area contributed by atoms with E-state index < -0.39 is 0 Å². The number of nitrogens with zero attached hydrogens (tertiary/aromatic N) is 1. The zero-order chi connectivity index (χ0) is 11.8. The van der Waals surface area contributed by atoms with E-state index in [2.05, 4.69) is 56.0 Å². The molecule has 0 amide bonds. The van der Waals surface area contributed by atoms with Crippen LogP contribution in [0.5, 0.6) is 0 Å². The van der Waals surface area contributed by atoms with Crippen molar-refractivity contribution in [2.24, 2.45) is 0 Å². The summed E-state index contributed by atoms with van der Waals surface area (Å²) >= 11 is 0. The normalized spacial score (nSPS) is 13.0. The highest BCUT2D eigenvalue weighted by Gasteiger charge is 2.16. The molecule has 0 aliphatic carbocycles. The van der Waals surface area contributed by atoms with E-state index in [1.807, 2.05) is 0 Å². The van der Waals surface area contributed by atoms with Crippen LogP contribution in [-0.2, 0) is 0 Å². The summed E-state index contributed by atoms with van der Waals surface area (Å²) in [6, 6.07) is 11.5. The highest BCUT2D eigenvalue weighted by atomic mass is 15.1. The fourth-order valence-electron chi connectivity index (χ4n) is 2.38. The lowest BCUT2D eigenvalue weighted by Crippen LogP contribution is -2.30. The number of hydrogen-bond donors (Lipinski definition) is 0. The van der Waals surface area contributed by atoms with Crippen LogP contribution in [0.1, 0.15) is 51.6 Å². The van der Waals surface area contributed by atoms with Gasteiger partial charge in [0.15, 0.2) is 0 Å². The molecule has 0 spiro atoms. The lowest BCUT2D eigenvalue weighted by molar-refractivity contribution is 0.192. The summed E-state index contributed by atoms with van der Waals surface area (Å²) in [6.07, 6.45) is 3.68. The van der Waals surface area contributed by atoms with E-state index in [0.717, 1.165) is 0 Å². The van der Waals surface area contributed by atoms with E-state index in [9.17, 15) is 0 Å². The van der Waals surface area contributed by atoms with E-state index in [4.69, 9.17) is 0 Å². The Bertz CT molecular complexity index is 262. The van der Waals surface area contributed by atoms with Gasteiger partial charge < -0.3 is 0 Å². The molecule has 1 nitrogen and oxygen atoms in total. The summed E-state index contributed by atoms with van der Waals surface area (Å²) in [5.74, 6) is 0. The SMILES string of the molecule is CCCN(CCC)C(CC)c1ccccc1. The van der Waals surface area contributed by atoms with Gasteiger partial charge in [-0.3, -0.25) is 4.90 Å². The molecule has 16 heavy (non-hydrogen) atoms. The van der Waals surface area contributed by atoms with Crippen molar-refractivity contribution >= 4 is 0 Å². The van der Waals surface area contributed by atoms with Gasteiger partial charge >= 0.3 is 0 Å². The highest BCUT2D eigenvalue weighted by Crippen LogP contribution is 2.24. The van der Waals surface area contributed by atoms with Gasteiger partial charge in [0, 0.05) is 6.04 Å². The Morgan fingerprint density at radius 1 is 0.938 bits per heavy atom. The average molecular weight is 219 g/mol. The fourth-order valence-corrected chi connectivity index (χ4v) is 2.38. The third-order valence-corrected chi connectivity index (χ3v) is 3.03. The number of hydrogen-bond acceptors (Lipinski definition) is 1. The second-order valence-electron chi connectivity index (χ2n) is 4.37. The molecule has 0 fully saturated rings. The third kappa shape index (κ3) is 3.64. The van der Waals surface area contributed by atoms with Crippen molar-refractivity contribution in [2.75, 3.05) is 13.1 Å². The van der Waals surface area contributed by atoms with E-state index >= 15 is 0 Å². The Hall–Kier alpha value is -0.820. The van der Waals surface area contributed by atoms with Gasteiger partial charge in [-0.05, 0) is 37.9 Å². The molecule has 0 aromatic heterocycles. The first-order valence-electron chi connectivity index (χ1n) is 6.62. The maximum Gasteiger partial charge on any atom is 0.0345 e. The van der Waals surface area contributed by atoms with Gasteiger partial charge in [0.2, 0.25) is 0 Å². The molecule has 0 saturated heterocycles. The van der Waals surface area contributed by atoms with Gasteiger partial charge in [-0.15, -0.1) is 0 Å². The van der Waals surface area contributed by atoms with Crippen molar-refractivity contribution in [3.63, 3.8) is 0 Å². The topological polar surface area (TPSA) is 3.24 Å². The predicted molar refractivity (Wildman–Crippen MR) is 71.6 cm³/mol. The summed E-state index contributed by atoms with van der Waals surface area (Å²) in [5.41, 5.74) is 1.46. The predicted octanol–water partition coefficient (Wildman–Crippen LogP) is 4.26. The van der Waals surface area contributed by atoms with E-state index in [-0.39, 0.29) is 0 Å². The first kappa shape index (κ1) is 13.2. The zero-order valence-corrected chi connectivity index (χ0v) is 10.9. The van der Waals surface area contributed by atoms with Crippen LogP contribution in [0.4, 0.5) is 0 Å². The van der Waals surface area contributed by atoms with Crippen LogP contribution < -0.4 is 0 Å². The second-order valence-corrected chi connectivity index (χ2v) is 4.37. The molecule has 0 aliphatic heterocycles. The highest BCUT2D eigenvalue weighted by molar-refractivity contribution is 5.18. The Balaban J connectivity index is 2.77. The van der Waals surface area contributed by atoms with Crippen LogP contribution in [0.15, 0.2) is 30.3 Å². The van der Waals surface area contributed by atoms with Crippen molar-refractivity contribution in [1.29, 1.82) is 0 Å². The third-order valence-electron chi connectivity index (χ3n) is 3.03. The molecular formula is C15H25N. The van der Waals surface area contributed by atoms with E-state index in [1.165, 1.54) is 37.9 Å². The molecule has 1 aromatic carbocycles. The maximum absolute atomic E-state index is 2.62. The van der Waals surface area contributed by atoms with Gasteiger partial charge in [0.25, 0.3) is 0 Å². The molecule has 1 rings (SSSR count). The first-order valence-corrected chi connectivity index (χ1v) is 6.62. The monoisotopic (exact) mass is 219 g/mol. The molecule has 1 aromatic rings. The van der Waals surface area contributed by atoms with Gasteiger partial charge in [-0.1, -0.05) is 51.1 Å². The summed E-state index contributed by atoms with van der Waals surface area (Å²) in [7, 11) is 0. The zero-order valence-electron chi connectivity index (χ0n) is 10.9. The molecule has 1 atom stereocenters. The minimum atomic E-state index is 0.598. The van der Waals surface area contributed by atoms with Crippen molar-refractivity contribution in [2.45, 2.75) is 46.1 Å². The minimum absolute atomic E-state index is 0.598. The van der Waals surface area contributed by atoms with E-state index in [1.54, 1.807) is 0 Å². The van der Waals surface area contributed by atoms with Crippen molar-refractivity contribution in [3.05, 3.63) is 35.9 Å². The largest absolute Gasteiger partial charge is 0.296 e. The standard InChI is InChI=1S/C15H25N/c1-4-12-16(13-5-2)15(6-3)14-10-8-7-9-11-14/h7-11,15H,4-6,12-13H2,1-3H3. The molecule has 1 heteroatoms. The molecule has 0 heterocycles. The first-order chi connectivity index (χ1) is 7.83. The molecule has 0 aliphatic rings. The Morgan fingerprint density at radius 3 is 1.94 bits per heavy atom. The quantitative estimate of drug-likeness (QED) is 0.662. The lowest BCUT2D eigenvalue weighted by atomic mass is 10.0. The Morgan fingerprint density at radius 2 is 1.50 bits per heavy atom. The lowest BCUT2D eigenvalue weighted by Gasteiger charge is -2.31. The smallest absolute Gasteiger partial charge is 0.0345 e. The Labute approximate surface area is 100 Å². The summed E-state index contributed by atoms with van der Waals surface area (Å²) in [5, 5.41) is 0. The average Bonchev–Trinajstić information content (AvgIpc) is 2.32. The van der Waals surface area contributed by atoms with Crippen molar-refractivity contribution in [1.82, 2.24) is 4.90 Å². The summed E-state index contributed by atoms with van der Waals surface area (Å²) in [6.45, 7) is 9.24. The Kier molecular flexibility index (Phi) is 6.17. The van der Waals surface area contributed by atoms with Crippen LogP contribution in [0, 0.1) is 0 Å². The van der Waals surface area contributed by atoms with Crippen molar-refractivity contribution < 1.29 is 0 Å².